The molecule has 4 aromatic rings. The number of benzene rings is 3. The van der Waals surface area contributed by atoms with Crippen LogP contribution in [0.4, 0.5) is 11.5 Å². The Bertz CT molecular complexity index is 1860. The molecule has 2 amide bonds. The van der Waals surface area contributed by atoms with Crippen molar-refractivity contribution in [2.24, 2.45) is 22.9 Å². The van der Waals surface area contributed by atoms with E-state index < -0.39 is 11.8 Å². The molecule has 260 valence electrons. The molecule has 50 heavy (non-hydrogen) atoms. The Labute approximate surface area is 295 Å². The average Bonchev–Trinajstić information content (AvgIpc) is 3.42. The van der Waals surface area contributed by atoms with Gasteiger partial charge >= 0.3 is 0 Å². The fourth-order valence-corrected chi connectivity index (χ4v) is 7.33. The number of carbonyl (C=O) groups is 3. The number of hydrazone groups is 1. The van der Waals surface area contributed by atoms with Gasteiger partial charge < -0.3 is 10.2 Å². The molecular formula is C41H48N6O3. The third kappa shape index (κ3) is 7.77. The molecule has 0 bridgehead atoms. The Hall–Kier alpha value is -4.92. The lowest BCUT2D eigenvalue weighted by molar-refractivity contribution is -0.131. The zero-order valence-electron chi connectivity index (χ0n) is 29.8. The molecular weight excluding hydrogens is 624 g/mol. The Morgan fingerprint density at radius 2 is 1.58 bits per heavy atom. The van der Waals surface area contributed by atoms with Gasteiger partial charge in [0.2, 0.25) is 5.91 Å². The second-order valence-corrected chi connectivity index (χ2v) is 14.4. The van der Waals surface area contributed by atoms with E-state index in [1.807, 2.05) is 91.8 Å². The maximum atomic E-state index is 14.1. The zero-order valence-corrected chi connectivity index (χ0v) is 29.8. The number of rotatable bonds is 12. The summed E-state index contributed by atoms with van der Waals surface area (Å²) >= 11 is 0. The summed E-state index contributed by atoms with van der Waals surface area (Å²) in [6.07, 6.45) is 5.37. The summed E-state index contributed by atoms with van der Waals surface area (Å²) in [6, 6.07) is 24.9. The fraction of sp³-hybridized carbons (Fsp3) is 0.415. The van der Waals surface area contributed by atoms with Crippen molar-refractivity contribution < 1.29 is 14.4 Å². The molecule has 6 rings (SSSR count). The standard InChI is InChI=1S/C41H48N6O3/c1-26(2)29-18-20-30(21-19-29)36(48)25-34(38-27(3)45-47(41(38)50)32-11-7-6-8-12-32)40(49)42-31-22-15-28(16-23-31)17-24-37-43-35-14-10-9-13-33(35)39(44-37)46(4)5/h6-14,18-21,26,28,31,34,38H,15-17,22-25H2,1-5H3,(H,42,49). The van der Waals surface area contributed by atoms with Gasteiger partial charge in [-0.15, -0.1) is 0 Å². The van der Waals surface area contributed by atoms with Crippen LogP contribution >= 0.6 is 0 Å². The van der Waals surface area contributed by atoms with Crippen LogP contribution in [0.5, 0.6) is 0 Å². The van der Waals surface area contributed by atoms with Crippen molar-refractivity contribution in [2.45, 2.75) is 77.7 Å². The number of carbonyl (C=O) groups excluding carboxylic acids is 3. The summed E-state index contributed by atoms with van der Waals surface area (Å²) < 4.78 is 0. The first-order chi connectivity index (χ1) is 24.1. The summed E-state index contributed by atoms with van der Waals surface area (Å²) in [6.45, 7) is 5.99. The van der Waals surface area contributed by atoms with E-state index in [2.05, 4.69) is 30.3 Å². The summed E-state index contributed by atoms with van der Waals surface area (Å²) in [7, 11) is 4.02. The van der Waals surface area contributed by atoms with Crippen molar-refractivity contribution in [1.82, 2.24) is 15.3 Å². The first kappa shape index (κ1) is 34.9. The van der Waals surface area contributed by atoms with Crippen molar-refractivity contribution in [2.75, 3.05) is 24.0 Å². The third-order valence-electron chi connectivity index (χ3n) is 10.2. The minimum Gasteiger partial charge on any atom is -0.362 e. The van der Waals surface area contributed by atoms with Crippen LogP contribution in [-0.4, -0.2) is 53.4 Å². The first-order valence-corrected chi connectivity index (χ1v) is 17.9. The number of fused-ring (bicyclic) bond motifs is 1. The summed E-state index contributed by atoms with van der Waals surface area (Å²) in [4.78, 5) is 53.4. The molecule has 2 heterocycles. The maximum Gasteiger partial charge on any atom is 0.257 e. The number of nitrogens with one attached hydrogen (secondary N) is 1. The van der Waals surface area contributed by atoms with Crippen molar-refractivity contribution in [1.29, 1.82) is 0 Å². The number of ketones is 1. The number of aromatic nitrogens is 2. The highest BCUT2D eigenvalue weighted by Crippen LogP contribution is 2.33. The molecule has 3 aromatic carbocycles. The monoisotopic (exact) mass is 672 g/mol. The van der Waals surface area contributed by atoms with Crippen molar-refractivity contribution >= 4 is 45.7 Å². The summed E-state index contributed by atoms with van der Waals surface area (Å²) in [5.41, 5.74) is 3.82. The number of amides is 2. The van der Waals surface area contributed by atoms with E-state index in [1.165, 1.54) is 5.01 Å². The number of anilines is 2. The minimum absolute atomic E-state index is 0.0158. The van der Waals surface area contributed by atoms with Crippen LogP contribution in [-0.2, 0) is 16.0 Å². The Kier molecular flexibility index (Phi) is 10.7. The van der Waals surface area contributed by atoms with Crippen LogP contribution in [0.25, 0.3) is 10.9 Å². The molecule has 1 aliphatic carbocycles. The number of nitrogens with zero attached hydrogens (tertiary/aromatic N) is 5. The second-order valence-electron chi connectivity index (χ2n) is 14.4. The van der Waals surface area contributed by atoms with Gasteiger partial charge in [0.05, 0.1) is 23.0 Å². The molecule has 1 aromatic heterocycles. The van der Waals surface area contributed by atoms with Gasteiger partial charge in [-0.05, 0) is 80.7 Å². The number of hydrogen-bond donors (Lipinski definition) is 1. The van der Waals surface area contributed by atoms with Gasteiger partial charge in [-0.25, -0.2) is 15.0 Å². The molecule has 2 aliphatic rings. The Balaban J connectivity index is 1.12. The molecule has 1 aliphatic heterocycles. The third-order valence-corrected chi connectivity index (χ3v) is 10.2. The van der Waals surface area contributed by atoms with Gasteiger partial charge in [0, 0.05) is 49.6 Å². The number of Topliss-reactive ketones (excluding diaryl/α,β-unsaturated/α-hetero) is 1. The minimum atomic E-state index is -0.870. The van der Waals surface area contributed by atoms with Gasteiger partial charge in [-0.2, -0.15) is 5.10 Å². The normalized spacial score (nSPS) is 19.8. The van der Waals surface area contributed by atoms with E-state index in [9.17, 15) is 14.4 Å². The topological polar surface area (TPSA) is 108 Å². The largest absolute Gasteiger partial charge is 0.362 e. The van der Waals surface area contributed by atoms with Gasteiger partial charge in [0.1, 0.15) is 11.6 Å². The highest BCUT2D eigenvalue weighted by atomic mass is 16.2. The Morgan fingerprint density at radius 1 is 0.900 bits per heavy atom. The molecule has 0 radical (unpaired) electrons. The summed E-state index contributed by atoms with van der Waals surface area (Å²) in [5, 5.41) is 10.2. The van der Waals surface area contributed by atoms with Crippen molar-refractivity contribution in [3.63, 3.8) is 0 Å². The van der Waals surface area contributed by atoms with Gasteiger partial charge in [0.15, 0.2) is 5.78 Å². The van der Waals surface area contributed by atoms with E-state index in [0.717, 1.165) is 66.6 Å². The van der Waals surface area contributed by atoms with Crippen LogP contribution < -0.4 is 15.2 Å². The average molecular weight is 673 g/mol. The number of aryl methyl sites for hydroxylation is 1. The van der Waals surface area contributed by atoms with E-state index in [0.29, 0.717) is 28.8 Å². The molecule has 2 atom stereocenters. The molecule has 2 unspecified atom stereocenters. The number of hydrogen-bond acceptors (Lipinski definition) is 7. The van der Waals surface area contributed by atoms with Gasteiger partial charge in [-0.1, -0.05) is 68.4 Å². The van der Waals surface area contributed by atoms with Gasteiger partial charge in [-0.3, -0.25) is 14.4 Å². The molecule has 1 saturated carbocycles. The quantitative estimate of drug-likeness (QED) is 0.158. The van der Waals surface area contributed by atoms with Crippen molar-refractivity contribution in [3.8, 4) is 0 Å². The lowest BCUT2D eigenvalue weighted by atomic mass is 9.81. The van der Waals surface area contributed by atoms with E-state index >= 15 is 0 Å². The summed E-state index contributed by atoms with van der Waals surface area (Å²) in [5.74, 6) is 0.259. The van der Waals surface area contributed by atoms with Crippen LogP contribution in [0.15, 0.2) is 84.0 Å². The fourth-order valence-electron chi connectivity index (χ4n) is 7.33. The van der Waals surface area contributed by atoms with Crippen LogP contribution in [0.1, 0.15) is 87.0 Å². The molecule has 1 N–H and O–H groups in total. The van der Waals surface area contributed by atoms with E-state index in [-0.39, 0.29) is 30.1 Å². The first-order valence-electron chi connectivity index (χ1n) is 17.9. The molecule has 9 heteroatoms. The molecule has 1 fully saturated rings. The van der Waals surface area contributed by atoms with Gasteiger partial charge in [0.25, 0.3) is 5.91 Å². The van der Waals surface area contributed by atoms with Crippen molar-refractivity contribution in [3.05, 3.63) is 95.8 Å². The van der Waals surface area contributed by atoms with E-state index in [1.54, 1.807) is 6.92 Å². The van der Waals surface area contributed by atoms with Crippen LogP contribution in [0, 0.1) is 17.8 Å². The highest BCUT2D eigenvalue weighted by molar-refractivity contribution is 6.17. The van der Waals surface area contributed by atoms with Crippen LogP contribution in [0.2, 0.25) is 0 Å². The van der Waals surface area contributed by atoms with Crippen LogP contribution in [0.3, 0.4) is 0 Å². The zero-order chi connectivity index (χ0) is 35.4. The van der Waals surface area contributed by atoms with E-state index in [4.69, 9.17) is 9.97 Å². The molecule has 0 spiro atoms. The Morgan fingerprint density at radius 3 is 2.26 bits per heavy atom. The second kappa shape index (κ2) is 15.3. The smallest absolute Gasteiger partial charge is 0.257 e. The lowest BCUT2D eigenvalue weighted by Crippen LogP contribution is -2.46. The molecule has 0 saturated heterocycles. The SMILES string of the molecule is CC1=NN(c2ccccc2)C(=O)C1C(CC(=O)c1ccc(C(C)C)cc1)C(=O)NC1CCC(CCc2nc(N(C)C)c3ccccc3n2)CC1. The highest BCUT2D eigenvalue weighted by Gasteiger charge is 2.44. The number of para-hydroxylation sites is 2. The lowest BCUT2D eigenvalue weighted by Gasteiger charge is -2.31. The predicted octanol–water partition coefficient (Wildman–Crippen LogP) is 7.35. The molecule has 9 nitrogen and oxygen atoms in total. The maximum absolute atomic E-state index is 14.1. The predicted molar refractivity (Wildman–Crippen MR) is 200 cm³/mol.